The van der Waals surface area contributed by atoms with Gasteiger partial charge in [0.1, 0.15) is 12.3 Å². The number of fused-ring (bicyclic) bond motifs is 1. The van der Waals surface area contributed by atoms with Crippen molar-refractivity contribution < 1.29 is 23.9 Å². The summed E-state index contributed by atoms with van der Waals surface area (Å²) in [6.45, 7) is -0.544. The molecule has 0 radical (unpaired) electrons. The van der Waals surface area contributed by atoms with Crippen LogP contribution in [0.3, 0.4) is 0 Å². The average molecular weight is 647 g/mol. The molecule has 11 heteroatoms. The van der Waals surface area contributed by atoms with Gasteiger partial charge in [0.25, 0.3) is 17.7 Å². The Balaban J connectivity index is 1.72. The SMILES string of the molecule is COc1cccc(C(=O)CN(C(=O)c2ccc(Cl)cc2Cl)N2C(=O)[C@H]3C[C@@H](Br)[C@@H](Br)C[C@H]3C2=O)c1. The van der Waals surface area contributed by atoms with Crippen molar-refractivity contribution in [1.82, 2.24) is 10.0 Å². The Morgan fingerprint density at radius 1 is 1.03 bits per heavy atom. The molecule has 1 heterocycles. The van der Waals surface area contributed by atoms with Crippen LogP contribution in [0.4, 0.5) is 0 Å². The molecule has 0 bridgehead atoms. The summed E-state index contributed by atoms with van der Waals surface area (Å²) in [6, 6.07) is 10.7. The van der Waals surface area contributed by atoms with Crippen LogP contribution in [-0.4, -0.2) is 56.8 Å². The maximum absolute atomic E-state index is 13.6. The van der Waals surface area contributed by atoms with Crippen molar-refractivity contribution in [2.24, 2.45) is 11.8 Å². The monoisotopic (exact) mass is 644 g/mol. The van der Waals surface area contributed by atoms with Gasteiger partial charge in [-0.15, -0.1) is 0 Å². The number of Topliss-reactive ketones (excluding diaryl/α,β-unsaturated/α-hetero) is 1. The number of ketones is 1. The molecule has 0 spiro atoms. The summed E-state index contributed by atoms with van der Waals surface area (Å²) in [6.07, 6.45) is 0.852. The molecule has 0 N–H and O–H groups in total. The van der Waals surface area contributed by atoms with Crippen LogP contribution >= 0.6 is 55.1 Å². The maximum atomic E-state index is 13.6. The first-order valence-corrected chi connectivity index (χ1v) is 13.3. The molecule has 2 aromatic rings. The first kappa shape index (κ1) is 26.1. The van der Waals surface area contributed by atoms with Gasteiger partial charge in [0.2, 0.25) is 0 Å². The molecule has 7 nitrogen and oxygen atoms in total. The molecule has 184 valence electrons. The number of carbonyl (C=O) groups excluding carboxylic acids is 4. The topological polar surface area (TPSA) is 84.0 Å². The Morgan fingerprint density at radius 2 is 1.66 bits per heavy atom. The van der Waals surface area contributed by atoms with Crippen LogP contribution in [0, 0.1) is 11.8 Å². The van der Waals surface area contributed by atoms with Gasteiger partial charge in [-0.2, -0.15) is 5.01 Å². The molecule has 0 aromatic heterocycles. The van der Waals surface area contributed by atoms with Crippen molar-refractivity contribution in [3.05, 3.63) is 63.6 Å². The highest BCUT2D eigenvalue weighted by molar-refractivity contribution is 9.12. The van der Waals surface area contributed by atoms with E-state index in [0.29, 0.717) is 23.6 Å². The van der Waals surface area contributed by atoms with E-state index in [9.17, 15) is 19.2 Å². The van der Waals surface area contributed by atoms with Crippen LogP contribution in [0.2, 0.25) is 10.0 Å². The summed E-state index contributed by atoms with van der Waals surface area (Å²) in [5.41, 5.74) is 0.281. The van der Waals surface area contributed by atoms with Gasteiger partial charge in [-0.05, 0) is 43.2 Å². The molecule has 1 aliphatic carbocycles. The van der Waals surface area contributed by atoms with E-state index in [-0.39, 0.29) is 25.8 Å². The fraction of sp³-hybridized carbons (Fsp3) is 0.333. The number of hydrogen-bond acceptors (Lipinski definition) is 5. The second-order valence-electron chi connectivity index (χ2n) is 8.35. The normalized spacial score (nSPS) is 23.7. The summed E-state index contributed by atoms with van der Waals surface area (Å²) in [5.74, 6) is -2.99. The van der Waals surface area contributed by atoms with Gasteiger partial charge < -0.3 is 4.74 Å². The third-order valence-corrected chi connectivity index (χ3v) is 9.49. The van der Waals surface area contributed by atoms with Crippen LogP contribution in [0.5, 0.6) is 5.75 Å². The van der Waals surface area contributed by atoms with Crippen LogP contribution in [0.25, 0.3) is 0 Å². The number of ether oxygens (including phenoxy) is 1. The number of carbonyl (C=O) groups is 4. The molecule has 1 saturated carbocycles. The van der Waals surface area contributed by atoms with E-state index in [0.717, 1.165) is 10.0 Å². The second kappa shape index (κ2) is 10.6. The molecule has 4 rings (SSSR count). The third kappa shape index (κ3) is 5.14. The zero-order chi connectivity index (χ0) is 25.4. The highest BCUT2D eigenvalue weighted by atomic mass is 79.9. The lowest BCUT2D eigenvalue weighted by Crippen LogP contribution is -2.52. The maximum Gasteiger partial charge on any atom is 0.274 e. The minimum absolute atomic E-state index is 0.00581. The highest BCUT2D eigenvalue weighted by Crippen LogP contribution is 2.44. The number of methoxy groups -OCH3 is 1. The van der Waals surface area contributed by atoms with Crippen molar-refractivity contribution in [2.75, 3.05) is 13.7 Å². The Morgan fingerprint density at radius 3 is 2.23 bits per heavy atom. The van der Waals surface area contributed by atoms with Crippen LogP contribution in [0.15, 0.2) is 42.5 Å². The number of imide groups is 1. The smallest absolute Gasteiger partial charge is 0.274 e. The van der Waals surface area contributed by atoms with Crippen LogP contribution in [-0.2, 0) is 9.59 Å². The number of amides is 3. The van der Waals surface area contributed by atoms with Crippen molar-refractivity contribution in [2.45, 2.75) is 22.5 Å². The lowest BCUT2D eigenvalue weighted by molar-refractivity contribution is -0.154. The van der Waals surface area contributed by atoms with E-state index in [1.165, 1.54) is 31.4 Å². The molecule has 1 saturated heterocycles. The number of hydrogen-bond donors (Lipinski definition) is 0. The van der Waals surface area contributed by atoms with E-state index in [4.69, 9.17) is 27.9 Å². The number of benzene rings is 2. The summed E-state index contributed by atoms with van der Waals surface area (Å²) < 4.78 is 5.18. The van der Waals surface area contributed by atoms with Crippen molar-refractivity contribution >= 4 is 78.6 Å². The van der Waals surface area contributed by atoms with E-state index in [1.807, 2.05) is 0 Å². The van der Waals surface area contributed by atoms with Gasteiger partial charge in [0, 0.05) is 20.2 Å². The molecule has 1 aliphatic heterocycles. The molecule has 0 unspecified atom stereocenters. The molecular weight excluding hydrogens is 627 g/mol. The number of alkyl halides is 2. The van der Waals surface area contributed by atoms with E-state index < -0.39 is 41.9 Å². The van der Waals surface area contributed by atoms with Gasteiger partial charge in [-0.25, -0.2) is 5.01 Å². The van der Waals surface area contributed by atoms with E-state index in [2.05, 4.69) is 31.9 Å². The zero-order valence-corrected chi connectivity index (χ0v) is 23.1. The first-order chi connectivity index (χ1) is 16.6. The van der Waals surface area contributed by atoms with Gasteiger partial charge in [-0.1, -0.05) is 67.2 Å². The van der Waals surface area contributed by atoms with Crippen molar-refractivity contribution in [1.29, 1.82) is 0 Å². The fourth-order valence-corrected chi connectivity index (χ4v) is 6.10. The molecule has 4 atom stereocenters. The minimum Gasteiger partial charge on any atom is -0.497 e. The van der Waals surface area contributed by atoms with E-state index in [1.54, 1.807) is 18.2 Å². The number of nitrogens with zero attached hydrogens (tertiary/aromatic N) is 2. The second-order valence-corrected chi connectivity index (χ2v) is 11.5. The molecule has 35 heavy (non-hydrogen) atoms. The first-order valence-electron chi connectivity index (χ1n) is 10.7. The Labute approximate surface area is 228 Å². The number of hydrazine groups is 1. The Kier molecular flexibility index (Phi) is 7.90. The molecule has 3 amide bonds. The van der Waals surface area contributed by atoms with Gasteiger partial charge in [0.15, 0.2) is 5.78 Å². The van der Waals surface area contributed by atoms with Crippen molar-refractivity contribution in [3.63, 3.8) is 0 Å². The average Bonchev–Trinajstić information content (AvgIpc) is 3.06. The van der Waals surface area contributed by atoms with Gasteiger partial charge in [-0.3, -0.25) is 19.2 Å². The molecule has 2 fully saturated rings. The largest absolute Gasteiger partial charge is 0.497 e. The lowest BCUT2D eigenvalue weighted by atomic mass is 9.81. The molecular formula is C24H20Br2Cl2N2O5. The Hall–Kier alpha value is -1.94. The summed E-state index contributed by atoms with van der Waals surface area (Å²) in [5, 5.41) is 2.08. The summed E-state index contributed by atoms with van der Waals surface area (Å²) in [4.78, 5) is 53.7. The molecule has 2 aromatic carbocycles. The van der Waals surface area contributed by atoms with Gasteiger partial charge >= 0.3 is 0 Å². The number of halogens is 4. The third-order valence-electron chi connectivity index (χ3n) is 6.21. The highest BCUT2D eigenvalue weighted by Gasteiger charge is 2.54. The predicted octanol–water partition coefficient (Wildman–Crippen LogP) is 5.16. The predicted molar refractivity (Wildman–Crippen MR) is 138 cm³/mol. The van der Waals surface area contributed by atoms with Gasteiger partial charge in [0.05, 0.1) is 29.5 Å². The fourth-order valence-electron chi connectivity index (χ4n) is 4.37. The van der Waals surface area contributed by atoms with Crippen LogP contribution < -0.4 is 4.74 Å². The standard InChI is InChI=1S/C24H20Br2Cl2N2O5/c1-35-14-4-2-3-12(7-14)21(31)11-29(22(32)15-6-5-13(27)8-20(15)28)30-23(33)16-9-18(25)19(26)10-17(16)24(30)34/h2-8,16-19H,9-11H2,1H3/t16-,17+,18+,19-. The zero-order valence-electron chi connectivity index (χ0n) is 18.4. The minimum atomic E-state index is -0.756. The Bertz CT molecular complexity index is 1180. The number of rotatable bonds is 6. The van der Waals surface area contributed by atoms with Crippen LogP contribution in [0.1, 0.15) is 33.6 Å². The summed E-state index contributed by atoms with van der Waals surface area (Å²) in [7, 11) is 1.47. The molecule has 2 aliphatic rings. The quantitative estimate of drug-likeness (QED) is 0.246. The van der Waals surface area contributed by atoms with E-state index >= 15 is 0 Å². The van der Waals surface area contributed by atoms with Crippen molar-refractivity contribution in [3.8, 4) is 5.75 Å². The summed E-state index contributed by atoms with van der Waals surface area (Å²) >= 11 is 19.4. The lowest BCUT2D eigenvalue weighted by Gasteiger charge is -2.30.